The summed E-state index contributed by atoms with van der Waals surface area (Å²) in [6, 6.07) is 0. The Kier molecular flexibility index (Phi) is 9.72. The summed E-state index contributed by atoms with van der Waals surface area (Å²) >= 11 is 20.9. The van der Waals surface area contributed by atoms with Gasteiger partial charge in [-0.05, 0) is 12.8 Å². The van der Waals surface area contributed by atoms with E-state index in [1.165, 1.54) is 25.7 Å². The van der Waals surface area contributed by atoms with Crippen LogP contribution in [0.15, 0.2) is 0 Å². The zero-order chi connectivity index (χ0) is 11.2. The molecule has 0 aliphatic heterocycles. The van der Waals surface area contributed by atoms with Gasteiger partial charge in [0, 0.05) is 0 Å². The van der Waals surface area contributed by atoms with Crippen LogP contribution >= 0.6 is 95.6 Å². The summed E-state index contributed by atoms with van der Waals surface area (Å²) in [4.78, 5) is 0. The minimum Gasteiger partial charge on any atom is -0.0599 e. The lowest BCUT2D eigenvalue weighted by Gasteiger charge is -2.13. The van der Waals surface area contributed by atoms with Crippen molar-refractivity contribution in [2.75, 3.05) is 0 Å². The van der Waals surface area contributed by atoms with Crippen LogP contribution in [-0.4, -0.2) is 4.29 Å². The highest BCUT2D eigenvalue weighted by atomic mass is 80.0. The highest BCUT2D eigenvalue weighted by Crippen LogP contribution is 2.40. The molecule has 0 bridgehead atoms. The van der Waals surface area contributed by atoms with Crippen LogP contribution in [0.5, 0.6) is 0 Å². The first-order chi connectivity index (χ1) is 6.21. The molecule has 0 unspecified atom stereocenters. The third kappa shape index (κ3) is 14.9. The molecule has 0 spiro atoms. The monoisotopic (exact) mass is 582 g/mol. The highest BCUT2D eigenvalue weighted by Gasteiger charge is 2.17. The second-order valence-corrected chi connectivity index (χ2v) is 17.7. The van der Waals surface area contributed by atoms with Gasteiger partial charge in [-0.2, -0.15) is 0 Å². The van der Waals surface area contributed by atoms with Gasteiger partial charge in [-0.15, -0.1) is 0 Å². The van der Waals surface area contributed by atoms with Gasteiger partial charge in [0.2, 0.25) is 0 Å². The summed E-state index contributed by atoms with van der Waals surface area (Å²) in [6.07, 6.45) is 7.18. The van der Waals surface area contributed by atoms with E-state index < -0.39 is 0 Å². The fraction of sp³-hybridized carbons (Fsp3) is 1.00. The Morgan fingerprint density at radius 3 is 1.00 bits per heavy atom. The smallest absolute Gasteiger partial charge is 0.0599 e. The minimum atomic E-state index is -0.0585. The van der Waals surface area contributed by atoms with E-state index in [9.17, 15) is 0 Å². The molecule has 0 heterocycles. The molecule has 0 atom stereocenters. The zero-order valence-corrected chi connectivity index (χ0v) is 17.0. The van der Waals surface area contributed by atoms with Gasteiger partial charge in [0.1, 0.15) is 4.29 Å². The first-order valence-corrected chi connectivity index (χ1v) is 9.10. The molecule has 0 saturated carbocycles. The molecule has 0 N–H and O–H groups in total. The van der Waals surface area contributed by atoms with Gasteiger partial charge < -0.3 is 0 Å². The molecular formula is C8H12Br6. The molecule has 0 aliphatic carbocycles. The SMILES string of the molecule is BrC(Br)(Br)CCCCCCC(Br)(Br)Br. The van der Waals surface area contributed by atoms with Crippen LogP contribution in [0, 0.1) is 0 Å². The zero-order valence-electron chi connectivity index (χ0n) is 7.51. The van der Waals surface area contributed by atoms with Crippen molar-refractivity contribution in [1.29, 1.82) is 0 Å². The largest absolute Gasteiger partial charge is 0.135 e. The van der Waals surface area contributed by atoms with Crippen LogP contribution in [0.25, 0.3) is 0 Å². The van der Waals surface area contributed by atoms with Crippen molar-refractivity contribution >= 4 is 95.6 Å². The summed E-state index contributed by atoms with van der Waals surface area (Å²) in [7, 11) is 0. The molecule has 0 fully saturated rings. The van der Waals surface area contributed by atoms with E-state index in [1.807, 2.05) is 0 Å². The van der Waals surface area contributed by atoms with Crippen LogP contribution in [0.3, 0.4) is 0 Å². The van der Waals surface area contributed by atoms with E-state index in [0.717, 1.165) is 12.8 Å². The number of hydrogen-bond acceptors (Lipinski definition) is 0. The van der Waals surface area contributed by atoms with Gasteiger partial charge in [-0.1, -0.05) is 121 Å². The fourth-order valence-electron chi connectivity index (χ4n) is 1.00. The van der Waals surface area contributed by atoms with Crippen molar-refractivity contribution in [3.63, 3.8) is 0 Å². The number of unbranched alkanes of at least 4 members (excludes halogenated alkanes) is 3. The number of alkyl halides is 6. The summed E-state index contributed by atoms with van der Waals surface area (Å²) in [5, 5.41) is 0. The lowest BCUT2D eigenvalue weighted by Crippen LogP contribution is -2.00. The Hall–Kier alpha value is 2.88. The Morgan fingerprint density at radius 1 is 0.500 bits per heavy atom. The maximum atomic E-state index is 3.49. The van der Waals surface area contributed by atoms with E-state index in [-0.39, 0.29) is 4.29 Å². The van der Waals surface area contributed by atoms with E-state index in [1.54, 1.807) is 0 Å². The number of halogens is 6. The van der Waals surface area contributed by atoms with Gasteiger partial charge >= 0.3 is 0 Å². The molecule has 0 aromatic carbocycles. The van der Waals surface area contributed by atoms with Crippen LogP contribution in [0.2, 0.25) is 0 Å². The van der Waals surface area contributed by atoms with Crippen molar-refractivity contribution in [3.8, 4) is 0 Å². The van der Waals surface area contributed by atoms with Crippen LogP contribution < -0.4 is 0 Å². The lowest BCUT2D eigenvalue weighted by atomic mass is 10.1. The van der Waals surface area contributed by atoms with E-state index >= 15 is 0 Å². The Balaban J connectivity index is 3.23. The lowest BCUT2D eigenvalue weighted by molar-refractivity contribution is 0.617. The summed E-state index contributed by atoms with van der Waals surface area (Å²) < 4.78 is -0.117. The predicted octanol–water partition coefficient (Wildman–Crippen LogP) is 7.00. The van der Waals surface area contributed by atoms with Crippen LogP contribution in [-0.2, 0) is 0 Å². The topological polar surface area (TPSA) is 0 Å². The van der Waals surface area contributed by atoms with E-state index in [0.29, 0.717) is 0 Å². The Bertz CT molecular complexity index is 127. The molecular weight excluding hydrogens is 576 g/mol. The first-order valence-electron chi connectivity index (χ1n) is 4.34. The minimum absolute atomic E-state index is 0.0585. The van der Waals surface area contributed by atoms with Gasteiger partial charge in [0.25, 0.3) is 0 Å². The molecule has 0 aliphatic rings. The van der Waals surface area contributed by atoms with Gasteiger partial charge in [0.15, 0.2) is 0 Å². The van der Waals surface area contributed by atoms with Gasteiger partial charge in [0.05, 0.1) is 0 Å². The normalized spacial score (nSPS) is 13.3. The average Bonchev–Trinajstić information content (AvgIpc) is 1.92. The van der Waals surface area contributed by atoms with Crippen molar-refractivity contribution < 1.29 is 0 Å². The molecule has 0 aromatic heterocycles. The van der Waals surface area contributed by atoms with Crippen LogP contribution in [0.1, 0.15) is 38.5 Å². The van der Waals surface area contributed by atoms with Crippen LogP contribution in [0.4, 0.5) is 0 Å². The summed E-state index contributed by atoms with van der Waals surface area (Å²) in [5.41, 5.74) is 0. The molecule has 0 nitrogen and oxygen atoms in total. The fourth-order valence-corrected chi connectivity index (χ4v) is 2.69. The molecule has 0 amide bonds. The quantitative estimate of drug-likeness (QED) is 0.240. The average molecular weight is 588 g/mol. The summed E-state index contributed by atoms with van der Waals surface area (Å²) in [6.45, 7) is 0. The molecule has 0 rings (SSSR count). The number of hydrogen-bond donors (Lipinski definition) is 0. The molecule has 0 saturated heterocycles. The maximum absolute atomic E-state index is 3.49. The second-order valence-electron chi connectivity index (χ2n) is 3.14. The first kappa shape index (κ1) is 16.9. The molecule has 86 valence electrons. The van der Waals surface area contributed by atoms with E-state index in [4.69, 9.17) is 0 Å². The standard InChI is InChI=1S/C8H12Br6/c9-7(10,11)5-3-1-2-4-6-8(12,13)14/h1-6H2. The Labute approximate surface area is 136 Å². The predicted molar refractivity (Wildman–Crippen MR) is 86.7 cm³/mol. The van der Waals surface area contributed by atoms with Crippen molar-refractivity contribution in [3.05, 3.63) is 0 Å². The highest BCUT2D eigenvalue weighted by molar-refractivity contribution is 9.39. The van der Waals surface area contributed by atoms with Gasteiger partial charge in [-0.3, -0.25) is 0 Å². The molecule has 14 heavy (non-hydrogen) atoms. The maximum Gasteiger partial charge on any atom is 0.135 e. The second kappa shape index (κ2) is 8.06. The van der Waals surface area contributed by atoms with Crippen molar-refractivity contribution in [2.45, 2.75) is 42.8 Å². The molecule has 0 aromatic rings. The van der Waals surface area contributed by atoms with Gasteiger partial charge in [-0.25, -0.2) is 0 Å². The summed E-state index contributed by atoms with van der Waals surface area (Å²) in [5.74, 6) is 0. The third-order valence-electron chi connectivity index (χ3n) is 1.67. The molecule has 6 heteroatoms. The van der Waals surface area contributed by atoms with E-state index in [2.05, 4.69) is 95.6 Å². The molecule has 0 radical (unpaired) electrons. The Morgan fingerprint density at radius 2 is 0.786 bits per heavy atom. The van der Waals surface area contributed by atoms with Crippen molar-refractivity contribution in [1.82, 2.24) is 0 Å². The van der Waals surface area contributed by atoms with Crippen molar-refractivity contribution in [2.24, 2.45) is 0 Å². The third-order valence-corrected chi connectivity index (χ3v) is 4.05. The number of rotatable bonds is 5.